The van der Waals surface area contributed by atoms with E-state index in [4.69, 9.17) is 0 Å². The van der Waals surface area contributed by atoms with Crippen molar-refractivity contribution in [2.24, 2.45) is 0 Å². The third-order valence-corrected chi connectivity index (χ3v) is 3.61. The van der Waals surface area contributed by atoms with E-state index in [1.807, 2.05) is 0 Å². The van der Waals surface area contributed by atoms with Crippen LogP contribution in [0, 0.1) is 5.82 Å². The number of H-pyrrole nitrogens is 1. The number of rotatable bonds is 3. The van der Waals surface area contributed by atoms with Crippen LogP contribution in [0.2, 0.25) is 0 Å². The highest BCUT2D eigenvalue weighted by atomic mass is 19.1. The molecule has 3 rings (SSSR count). The van der Waals surface area contributed by atoms with Crippen LogP contribution in [0.1, 0.15) is 10.4 Å². The first kappa shape index (κ1) is 17.1. The SMILES string of the molecule is O=C(Cn1[nH]c(=O)c2ccccc2c1=O)NNC(=O)c1ccc(F)cc1. The van der Waals surface area contributed by atoms with Gasteiger partial charge >= 0.3 is 0 Å². The van der Waals surface area contributed by atoms with E-state index in [1.54, 1.807) is 12.1 Å². The van der Waals surface area contributed by atoms with Gasteiger partial charge in [-0.15, -0.1) is 0 Å². The summed E-state index contributed by atoms with van der Waals surface area (Å²) >= 11 is 0. The molecular formula is C17H13FN4O4. The highest BCUT2D eigenvalue weighted by Gasteiger charge is 2.11. The van der Waals surface area contributed by atoms with Crippen LogP contribution >= 0.6 is 0 Å². The molecule has 1 heterocycles. The number of carbonyl (C=O) groups is 2. The number of benzene rings is 2. The fourth-order valence-electron chi connectivity index (χ4n) is 2.34. The normalized spacial score (nSPS) is 10.5. The van der Waals surface area contributed by atoms with Crippen molar-refractivity contribution in [1.29, 1.82) is 0 Å². The number of aromatic amines is 1. The van der Waals surface area contributed by atoms with Crippen molar-refractivity contribution < 1.29 is 14.0 Å². The minimum Gasteiger partial charge on any atom is -0.271 e. The molecule has 0 bridgehead atoms. The molecule has 9 heteroatoms. The fourth-order valence-corrected chi connectivity index (χ4v) is 2.34. The smallest absolute Gasteiger partial charge is 0.271 e. The second-order valence-electron chi connectivity index (χ2n) is 5.39. The van der Waals surface area contributed by atoms with Crippen LogP contribution in [0.4, 0.5) is 4.39 Å². The maximum Gasteiger partial charge on any atom is 0.273 e. The number of nitrogens with one attached hydrogen (secondary N) is 3. The van der Waals surface area contributed by atoms with Gasteiger partial charge in [-0.05, 0) is 36.4 Å². The van der Waals surface area contributed by atoms with E-state index < -0.39 is 35.3 Å². The number of aromatic nitrogens is 2. The van der Waals surface area contributed by atoms with Crippen LogP contribution in [0.15, 0.2) is 58.1 Å². The molecule has 8 nitrogen and oxygen atoms in total. The molecule has 0 fully saturated rings. The minimum absolute atomic E-state index is 0.142. The third kappa shape index (κ3) is 3.51. The van der Waals surface area contributed by atoms with Crippen molar-refractivity contribution in [3.05, 3.63) is 80.6 Å². The number of hydrogen-bond donors (Lipinski definition) is 3. The minimum atomic E-state index is -0.728. The zero-order valence-corrected chi connectivity index (χ0v) is 13.3. The van der Waals surface area contributed by atoms with E-state index in [1.165, 1.54) is 24.3 Å². The molecular weight excluding hydrogens is 343 g/mol. The van der Waals surface area contributed by atoms with E-state index in [2.05, 4.69) is 16.0 Å². The highest BCUT2D eigenvalue weighted by molar-refractivity contribution is 5.95. The molecule has 0 aliphatic heterocycles. The average Bonchev–Trinajstić information content (AvgIpc) is 2.64. The molecule has 0 aliphatic carbocycles. The molecule has 132 valence electrons. The predicted octanol–water partition coefficient (Wildman–Crippen LogP) is 0.290. The molecule has 26 heavy (non-hydrogen) atoms. The van der Waals surface area contributed by atoms with Gasteiger partial charge in [0.1, 0.15) is 12.4 Å². The molecule has 3 N–H and O–H groups in total. The Bertz CT molecular complexity index is 1100. The van der Waals surface area contributed by atoms with E-state index >= 15 is 0 Å². The predicted molar refractivity (Wildman–Crippen MR) is 90.8 cm³/mol. The van der Waals surface area contributed by atoms with Gasteiger partial charge in [0.25, 0.3) is 22.9 Å². The fraction of sp³-hybridized carbons (Fsp3) is 0.0588. The maximum absolute atomic E-state index is 12.8. The Labute approximate surface area is 145 Å². The first-order valence-electron chi connectivity index (χ1n) is 7.52. The quantitative estimate of drug-likeness (QED) is 0.586. The van der Waals surface area contributed by atoms with Gasteiger partial charge in [0.15, 0.2) is 0 Å². The molecule has 0 atom stereocenters. The van der Waals surface area contributed by atoms with Gasteiger partial charge in [0.05, 0.1) is 10.8 Å². The van der Waals surface area contributed by atoms with Crippen molar-refractivity contribution in [3.63, 3.8) is 0 Å². The first-order valence-corrected chi connectivity index (χ1v) is 7.52. The van der Waals surface area contributed by atoms with E-state index in [9.17, 15) is 23.6 Å². The van der Waals surface area contributed by atoms with Gasteiger partial charge < -0.3 is 0 Å². The van der Waals surface area contributed by atoms with Crippen LogP contribution in [0.5, 0.6) is 0 Å². The molecule has 3 aromatic rings. The summed E-state index contributed by atoms with van der Waals surface area (Å²) in [4.78, 5) is 48.0. The van der Waals surface area contributed by atoms with Gasteiger partial charge in [0.2, 0.25) is 0 Å². The van der Waals surface area contributed by atoms with Crippen LogP contribution in [0.25, 0.3) is 10.8 Å². The second-order valence-corrected chi connectivity index (χ2v) is 5.39. The van der Waals surface area contributed by atoms with Gasteiger partial charge in [-0.1, -0.05) is 12.1 Å². The summed E-state index contributed by atoms with van der Waals surface area (Å²) in [6, 6.07) is 10.9. The van der Waals surface area contributed by atoms with E-state index in [0.29, 0.717) is 0 Å². The average molecular weight is 356 g/mol. The monoisotopic (exact) mass is 356 g/mol. The van der Waals surface area contributed by atoms with Crippen molar-refractivity contribution in [3.8, 4) is 0 Å². The number of nitrogens with zero attached hydrogens (tertiary/aromatic N) is 1. The molecule has 2 amide bonds. The van der Waals surface area contributed by atoms with Crippen molar-refractivity contribution in [2.45, 2.75) is 6.54 Å². The van der Waals surface area contributed by atoms with Crippen LogP contribution in [-0.4, -0.2) is 21.6 Å². The summed E-state index contributed by atoms with van der Waals surface area (Å²) in [5.41, 5.74) is 3.36. The van der Waals surface area contributed by atoms with Gasteiger partial charge in [-0.25, -0.2) is 9.07 Å². The number of carbonyl (C=O) groups excluding carboxylic acids is 2. The lowest BCUT2D eigenvalue weighted by molar-refractivity contribution is -0.122. The van der Waals surface area contributed by atoms with Gasteiger partial charge in [0, 0.05) is 5.56 Å². The number of amides is 2. The zero-order valence-electron chi connectivity index (χ0n) is 13.3. The van der Waals surface area contributed by atoms with Crippen molar-refractivity contribution in [1.82, 2.24) is 20.6 Å². The molecule has 0 aliphatic rings. The molecule has 0 radical (unpaired) electrons. The first-order chi connectivity index (χ1) is 12.5. The number of hydrazine groups is 1. The Kier molecular flexibility index (Phi) is 4.61. The summed E-state index contributed by atoms with van der Waals surface area (Å²) in [6.07, 6.45) is 0. The lowest BCUT2D eigenvalue weighted by atomic mass is 10.2. The Morgan fingerprint density at radius 3 is 2.31 bits per heavy atom. The Morgan fingerprint density at radius 2 is 1.62 bits per heavy atom. The molecule has 0 spiro atoms. The Balaban J connectivity index is 1.70. The molecule has 0 saturated heterocycles. The largest absolute Gasteiger partial charge is 0.273 e. The van der Waals surface area contributed by atoms with Crippen LogP contribution < -0.4 is 22.0 Å². The number of halogens is 1. The molecule has 0 saturated carbocycles. The standard InChI is InChI=1S/C17H13FN4O4/c18-11-7-5-10(6-8-11)15(24)20-19-14(23)9-22-17(26)13-4-2-1-3-12(13)16(25)21-22/h1-8H,9H2,(H,19,23)(H,20,24)(H,21,25). The van der Waals surface area contributed by atoms with Gasteiger partial charge in [-0.2, -0.15) is 0 Å². The van der Waals surface area contributed by atoms with E-state index in [-0.39, 0.29) is 16.3 Å². The van der Waals surface area contributed by atoms with Crippen LogP contribution in [0.3, 0.4) is 0 Å². The van der Waals surface area contributed by atoms with Crippen molar-refractivity contribution >= 4 is 22.6 Å². The Morgan fingerprint density at radius 1 is 0.962 bits per heavy atom. The van der Waals surface area contributed by atoms with E-state index in [0.717, 1.165) is 16.8 Å². The van der Waals surface area contributed by atoms with Crippen LogP contribution in [-0.2, 0) is 11.3 Å². The zero-order chi connectivity index (χ0) is 18.7. The van der Waals surface area contributed by atoms with Gasteiger partial charge in [-0.3, -0.25) is 35.1 Å². The highest BCUT2D eigenvalue weighted by Crippen LogP contribution is 2.03. The number of fused-ring (bicyclic) bond motifs is 1. The second kappa shape index (κ2) is 7.01. The summed E-state index contributed by atoms with van der Waals surface area (Å²) in [5.74, 6) is -1.88. The number of hydrogen-bond acceptors (Lipinski definition) is 4. The topological polar surface area (TPSA) is 113 Å². The lowest BCUT2D eigenvalue weighted by Gasteiger charge is -2.09. The van der Waals surface area contributed by atoms with Crippen molar-refractivity contribution in [2.75, 3.05) is 0 Å². The Hall–Kier alpha value is -3.75. The third-order valence-electron chi connectivity index (χ3n) is 3.61. The lowest BCUT2D eigenvalue weighted by Crippen LogP contribution is -2.45. The summed E-state index contributed by atoms with van der Waals surface area (Å²) in [5, 5.41) is 2.71. The molecule has 0 unspecified atom stereocenters. The summed E-state index contributed by atoms with van der Waals surface area (Å²) in [7, 11) is 0. The summed E-state index contributed by atoms with van der Waals surface area (Å²) < 4.78 is 13.7. The summed E-state index contributed by atoms with van der Waals surface area (Å²) in [6.45, 7) is -0.497. The maximum atomic E-state index is 12.8. The molecule has 2 aromatic carbocycles. The molecule has 1 aromatic heterocycles.